The maximum Gasteiger partial charge on any atom is 0.352 e. The Morgan fingerprint density at radius 1 is 1.11 bits per heavy atom. The zero-order valence-electron chi connectivity index (χ0n) is 19.3. The summed E-state index contributed by atoms with van der Waals surface area (Å²) in [4.78, 5) is 39.1. The van der Waals surface area contributed by atoms with Crippen LogP contribution in [0.3, 0.4) is 0 Å². The molecule has 0 bridgehead atoms. The zero-order valence-corrected chi connectivity index (χ0v) is 20.1. The molecule has 3 heterocycles. The van der Waals surface area contributed by atoms with E-state index in [4.69, 9.17) is 25.8 Å². The lowest BCUT2D eigenvalue weighted by Crippen LogP contribution is -2.33. The van der Waals surface area contributed by atoms with E-state index in [0.717, 1.165) is 23.5 Å². The van der Waals surface area contributed by atoms with Gasteiger partial charge in [-0.05, 0) is 57.0 Å². The topological polar surface area (TPSA) is 93.7 Å². The van der Waals surface area contributed by atoms with Crippen LogP contribution in [-0.2, 0) is 17.8 Å². The summed E-state index contributed by atoms with van der Waals surface area (Å²) in [6, 6.07) is 7.34. The van der Waals surface area contributed by atoms with Crippen molar-refractivity contribution < 1.29 is 23.4 Å². The SMILES string of the molecule is COc1ccc(C(=O)OC2c3c(Cl)cc(F)c(-n4c(=O)n5n(c4=O)CCCC5)c3OC2(C)C)cc1. The molecule has 2 aliphatic heterocycles. The van der Waals surface area contributed by atoms with Crippen molar-refractivity contribution in [2.45, 2.75) is 51.5 Å². The van der Waals surface area contributed by atoms with E-state index < -0.39 is 34.9 Å². The largest absolute Gasteiger partial charge is 0.497 e. The predicted molar refractivity (Wildman–Crippen MR) is 124 cm³/mol. The number of fused-ring (bicyclic) bond motifs is 2. The number of nitrogens with zero attached hydrogens (tertiary/aromatic N) is 3. The molecule has 9 nitrogen and oxygen atoms in total. The molecule has 0 fully saturated rings. The minimum atomic E-state index is -1.17. The van der Waals surface area contributed by atoms with Crippen LogP contribution in [0.4, 0.5) is 4.39 Å². The van der Waals surface area contributed by atoms with Crippen LogP contribution in [0.5, 0.6) is 11.5 Å². The molecule has 2 aliphatic rings. The van der Waals surface area contributed by atoms with E-state index in [0.29, 0.717) is 18.8 Å². The van der Waals surface area contributed by atoms with Gasteiger partial charge in [0.1, 0.15) is 17.0 Å². The summed E-state index contributed by atoms with van der Waals surface area (Å²) in [6.45, 7) is 4.01. The van der Waals surface area contributed by atoms with Gasteiger partial charge in [-0.3, -0.25) is 0 Å². The summed E-state index contributed by atoms with van der Waals surface area (Å²) >= 11 is 6.40. The summed E-state index contributed by atoms with van der Waals surface area (Å²) in [5.41, 5.74) is -2.39. The molecule has 0 aliphatic carbocycles. The number of hydrogen-bond acceptors (Lipinski definition) is 6. The van der Waals surface area contributed by atoms with Crippen LogP contribution in [0.2, 0.25) is 5.02 Å². The number of aromatic nitrogens is 3. The second kappa shape index (κ2) is 8.30. The lowest BCUT2D eigenvalue weighted by atomic mass is 9.96. The quantitative estimate of drug-likeness (QED) is 0.506. The molecule has 2 aromatic carbocycles. The molecule has 1 atom stereocenters. The fourth-order valence-corrected chi connectivity index (χ4v) is 4.87. The third kappa shape index (κ3) is 3.63. The number of methoxy groups -OCH3 is 1. The Bertz CT molecular complexity index is 1420. The molecule has 1 aromatic heterocycles. The van der Waals surface area contributed by atoms with Crippen molar-refractivity contribution in [3.8, 4) is 17.2 Å². The van der Waals surface area contributed by atoms with E-state index >= 15 is 4.39 Å². The van der Waals surface area contributed by atoms with Gasteiger partial charge in [0.2, 0.25) is 0 Å². The lowest BCUT2D eigenvalue weighted by molar-refractivity contribution is -0.0301. The molecule has 11 heteroatoms. The highest BCUT2D eigenvalue weighted by molar-refractivity contribution is 6.31. The maximum absolute atomic E-state index is 15.3. The van der Waals surface area contributed by atoms with Crippen LogP contribution in [-0.4, -0.2) is 32.6 Å². The average molecular weight is 504 g/mol. The molecular formula is C24H23ClFN3O6. The molecule has 0 radical (unpaired) electrons. The van der Waals surface area contributed by atoms with Crippen molar-refractivity contribution in [2.75, 3.05) is 7.11 Å². The molecule has 0 spiro atoms. The number of rotatable bonds is 4. The van der Waals surface area contributed by atoms with Crippen molar-refractivity contribution in [1.82, 2.24) is 13.9 Å². The van der Waals surface area contributed by atoms with Crippen LogP contribution >= 0.6 is 11.6 Å². The fraction of sp³-hybridized carbons (Fsp3) is 0.375. The molecule has 3 aromatic rings. The van der Waals surface area contributed by atoms with Crippen molar-refractivity contribution >= 4 is 17.6 Å². The van der Waals surface area contributed by atoms with E-state index in [-0.39, 0.29) is 27.6 Å². The van der Waals surface area contributed by atoms with Gasteiger partial charge in [-0.1, -0.05) is 11.6 Å². The number of carbonyl (C=O) groups excluding carboxylic acids is 1. The first kappa shape index (κ1) is 23.2. The Morgan fingerprint density at radius 3 is 2.29 bits per heavy atom. The van der Waals surface area contributed by atoms with Crippen molar-refractivity contribution in [1.29, 1.82) is 0 Å². The van der Waals surface area contributed by atoms with Crippen LogP contribution < -0.4 is 20.9 Å². The van der Waals surface area contributed by atoms with Gasteiger partial charge in [0.05, 0.1) is 23.3 Å². The van der Waals surface area contributed by atoms with E-state index in [1.54, 1.807) is 38.1 Å². The zero-order chi connectivity index (χ0) is 25.1. The number of hydrogen-bond donors (Lipinski definition) is 0. The molecule has 0 amide bonds. The monoisotopic (exact) mass is 503 g/mol. The van der Waals surface area contributed by atoms with Gasteiger partial charge < -0.3 is 14.2 Å². The normalized spacial score (nSPS) is 17.9. The van der Waals surface area contributed by atoms with E-state index in [9.17, 15) is 14.4 Å². The highest BCUT2D eigenvalue weighted by atomic mass is 35.5. The van der Waals surface area contributed by atoms with Gasteiger partial charge in [-0.2, -0.15) is 0 Å². The van der Waals surface area contributed by atoms with E-state index in [1.807, 2.05) is 0 Å². The maximum atomic E-state index is 15.3. The van der Waals surface area contributed by atoms with Gasteiger partial charge in [-0.15, -0.1) is 0 Å². The van der Waals surface area contributed by atoms with Crippen LogP contribution in [0.25, 0.3) is 5.69 Å². The molecule has 184 valence electrons. The molecule has 35 heavy (non-hydrogen) atoms. The number of carbonyl (C=O) groups is 1. The van der Waals surface area contributed by atoms with Crippen LogP contribution in [0.15, 0.2) is 39.9 Å². The predicted octanol–water partition coefficient (Wildman–Crippen LogP) is 3.46. The summed E-state index contributed by atoms with van der Waals surface area (Å²) in [5.74, 6) is -1.07. The third-order valence-electron chi connectivity index (χ3n) is 6.34. The minimum absolute atomic E-state index is 0.0449. The Balaban J connectivity index is 1.62. The van der Waals surface area contributed by atoms with Gasteiger partial charge in [0, 0.05) is 13.1 Å². The third-order valence-corrected chi connectivity index (χ3v) is 6.65. The summed E-state index contributed by atoms with van der Waals surface area (Å²) in [7, 11) is 1.51. The molecule has 0 saturated heterocycles. The fourth-order valence-electron chi connectivity index (χ4n) is 4.59. The van der Waals surface area contributed by atoms with Crippen LogP contribution in [0.1, 0.15) is 48.7 Å². The van der Waals surface area contributed by atoms with Gasteiger partial charge in [0.25, 0.3) is 0 Å². The highest BCUT2D eigenvalue weighted by Gasteiger charge is 2.48. The first-order valence-electron chi connectivity index (χ1n) is 11.1. The summed E-state index contributed by atoms with van der Waals surface area (Å²) < 4.78 is 35.6. The van der Waals surface area contributed by atoms with E-state index in [1.165, 1.54) is 16.5 Å². The van der Waals surface area contributed by atoms with Gasteiger partial charge >= 0.3 is 17.3 Å². The summed E-state index contributed by atoms with van der Waals surface area (Å²) in [6.07, 6.45) is 0.434. The summed E-state index contributed by atoms with van der Waals surface area (Å²) in [5, 5.41) is -0.0449. The van der Waals surface area contributed by atoms with Gasteiger partial charge in [0.15, 0.2) is 17.7 Å². The molecule has 1 unspecified atom stereocenters. The Hall–Kier alpha value is -3.53. The van der Waals surface area contributed by atoms with Crippen molar-refractivity contribution in [2.24, 2.45) is 0 Å². The van der Waals surface area contributed by atoms with Crippen molar-refractivity contribution in [3.05, 3.63) is 73.3 Å². The van der Waals surface area contributed by atoms with E-state index in [2.05, 4.69) is 0 Å². The number of halogens is 2. The minimum Gasteiger partial charge on any atom is -0.497 e. The first-order chi connectivity index (χ1) is 16.6. The lowest BCUT2D eigenvalue weighted by Gasteiger charge is -2.26. The molecular weight excluding hydrogens is 481 g/mol. The Kier molecular flexibility index (Phi) is 5.51. The number of esters is 1. The average Bonchev–Trinajstić information content (AvgIpc) is 3.24. The smallest absolute Gasteiger partial charge is 0.352 e. The Morgan fingerprint density at radius 2 is 1.71 bits per heavy atom. The number of benzene rings is 2. The molecule has 0 saturated carbocycles. The van der Waals surface area contributed by atoms with Crippen molar-refractivity contribution in [3.63, 3.8) is 0 Å². The van der Waals surface area contributed by atoms with Gasteiger partial charge in [-0.25, -0.2) is 32.7 Å². The number of ether oxygens (including phenoxy) is 3. The highest BCUT2D eigenvalue weighted by Crippen LogP contribution is 2.51. The first-order valence-corrected chi connectivity index (χ1v) is 11.5. The standard InChI is InChI=1S/C24H23ClFN3O6/c1-24(2)20(34-21(30)13-6-8-14(33-3)9-7-13)17-15(25)12-16(26)18(19(17)35-24)29-22(31)27-10-4-5-11-28(27)23(29)32/h6-9,12,20H,4-5,10-11H2,1-3H3. The second-order valence-electron chi connectivity index (χ2n) is 9.00. The molecule has 5 rings (SSSR count). The molecule has 0 N–H and O–H groups in total. The van der Waals surface area contributed by atoms with Crippen LogP contribution in [0, 0.1) is 5.82 Å². The Labute approximate surface area is 204 Å². The second-order valence-corrected chi connectivity index (χ2v) is 9.41.